The maximum Gasteiger partial charge on any atom is 0.326 e. The molecule has 0 fully saturated rings. The number of aromatic nitrogens is 1. The molecule has 7 atom stereocenters. The van der Waals surface area contributed by atoms with E-state index in [-0.39, 0.29) is 38.6 Å². The van der Waals surface area contributed by atoms with Crippen molar-refractivity contribution in [3.05, 3.63) is 71.9 Å². The molecule has 3 aromatic rings. The second-order valence-electron chi connectivity index (χ2n) is 16.7. The molecule has 0 aliphatic rings. The van der Waals surface area contributed by atoms with Crippen molar-refractivity contribution in [3.63, 3.8) is 0 Å². The lowest BCUT2D eigenvalue weighted by Crippen LogP contribution is -2.58. The van der Waals surface area contributed by atoms with Gasteiger partial charge in [-0.2, -0.15) is 0 Å². The van der Waals surface area contributed by atoms with Crippen LogP contribution in [0.2, 0.25) is 0 Å². The number of carbonyl (C=O) groups excluding carboxylic acids is 9. The SMILES string of the molecule is CC(NC(=O)CNC(=O)C(Cc1c[nH]c2ccccc12)NC(=O)C(CO)NC(=O)C(N)Cc1ccccc1)C(=O)NC(CCC(=O)O)C(=O)NCC(=O)NC(CCC(N)=O)C(=O)NC(CCCCN)C(=O)O. The second kappa shape index (κ2) is 29.9. The highest BCUT2D eigenvalue weighted by molar-refractivity contribution is 5.97. The third-order valence-corrected chi connectivity index (χ3v) is 11.0. The molecule has 0 aliphatic carbocycles. The molecule has 0 bridgehead atoms. The molecular weight excluding hydrogens is 945 g/mol. The average Bonchev–Trinajstić information content (AvgIpc) is 3.75. The molecule has 2 aromatic carbocycles. The Bertz CT molecular complexity index is 2380. The number of hydrogen-bond donors (Lipinski definition) is 15. The zero-order valence-corrected chi connectivity index (χ0v) is 39.6. The monoisotopic (exact) mass is 1010 g/mol. The molecule has 7 unspecified atom stereocenters. The number of H-pyrrole nitrogens is 1. The van der Waals surface area contributed by atoms with Crippen LogP contribution in [0.3, 0.4) is 0 Å². The maximum atomic E-state index is 13.7. The van der Waals surface area contributed by atoms with Crippen LogP contribution in [-0.4, -0.2) is 154 Å². The Balaban J connectivity index is 1.64. The number of carboxylic acids is 2. The molecule has 0 aliphatic heterocycles. The predicted molar refractivity (Wildman–Crippen MR) is 256 cm³/mol. The zero-order chi connectivity index (χ0) is 53.3. The van der Waals surface area contributed by atoms with Gasteiger partial charge in [0, 0.05) is 36.4 Å². The molecule has 0 spiro atoms. The summed E-state index contributed by atoms with van der Waals surface area (Å²) in [5.74, 6) is -11.0. The summed E-state index contributed by atoms with van der Waals surface area (Å²) in [7, 11) is 0. The molecule has 0 radical (unpaired) electrons. The van der Waals surface area contributed by atoms with E-state index in [9.17, 15) is 68.1 Å². The van der Waals surface area contributed by atoms with Crippen molar-refractivity contribution in [2.45, 2.75) is 107 Å². The van der Waals surface area contributed by atoms with E-state index in [0.29, 0.717) is 23.8 Å². The van der Waals surface area contributed by atoms with Gasteiger partial charge in [0.1, 0.15) is 36.3 Å². The van der Waals surface area contributed by atoms with Crippen molar-refractivity contribution in [1.82, 2.24) is 47.5 Å². The van der Waals surface area contributed by atoms with Crippen LogP contribution < -0.4 is 59.7 Å². The minimum absolute atomic E-state index is 0.0200. The quantitative estimate of drug-likeness (QED) is 0.0264. The Morgan fingerprint density at radius 3 is 1.78 bits per heavy atom. The highest BCUT2D eigenvalue weighted by atomic mass is 16.4. The summed E-state index contributed by atoms with van der Waals surface area (Å²) in [6.07, 6.45) is 0.653. The Labute approximate surface area is 413 Å². The van der Waals surface area contributed by atoms with Crippen molar-refractivity contribution >= 4 is 76.0 Å². The number of amides is 9. The van der Waals surface area contributed by atoms with E-state index < -0.39 is 140 Å². The topological polar surface area (TPSA) is 439 Å². The number of benzene rings is 2. The molecular formula is C46H64N12O14. The van der Waals surface area contributed by atoms with Gasteiger partial charge in [0.2, 0.25) is 53.2 Å². The molecule has 72 heavy (non-hydrogen) atoms. The Kier molecular flexibility index (Phi) is 24.2. The predicted octanol–water partition coefficient (Wildman–Crippen LogP) is -4.22. The summed E-state index contributed by atoms with van der Waals surface area (Å²) in [6.45, 7) is -0.929. The third kappa shape index (κ3) is 20.2. The third-order valence-electron chi connectivity index (χ3n) is 11.0. The highest BCUT2D eigenvalue weighted by Crippen LogP contribution is 2.19. The first kappa shape index (κ1) is 58.3. The Morgan fingerprint density at radius 2 is 1.15 bits per heavy atom. The summed E-state index contributed by atoms with van der Waals surface area (Å²) in [6, 6.07) is 6.16. The fraction of sp³-hybridized carbons (Fsp3) is 0.457. The lowest BCUT2D eigenvalue weighted by Gasteiger charge is -2.23. The van der Waals surface area contributed by atoms with Gasteiger partial charge >= 0.3 is 11.9 Å². The van der Waals surface area contributed by atoms with Gasteiger partial charge in [-0.15, -0.1) is 0 Å². The summed E-state index contributed by atoms with van der Waals surface area (Å²) < 4.78 is 0. The number of aromatic amines is 1. The van der Waals surface area contributed by atoms with Crippen molar-refractivity contribution in [2.24, 2.45) is 17.2 Å². The van der Waals surface area contributed by atoms with Crippen molar-refractivity contribution in [1.29, 1.82) is 0 Å². The van der Waals surface area contributed by atoms with E-state index in [4.69, 9.17) is 17.2 Å². The minimum Gasteiger partial charge on any atom is -0.481 e. The lowest BCUT2D eigenvalue weighted by molar-refractivity contribution is -0.142. The van der Waals surface area contributed by atoms with Crippen LogP contribution in [0.25, 0.3) is 10.9 Å². The number of para-hydroxylation sites is 1. The Hall–Kier alpha value is -7.97. The van der Waals surface area contributed by atoms with Gasteiger partial charge in [0.25, 0.3) is 0 Å². The number of carboxylic acid groups (broad SMARTS) is 2. The molecule has 26 heteroatoms. The number of nitrogens with two attached hydrogens (primary N) is 3. The van der Waals surface area contributed by atoms with Crippen LogP contribution >= 0.6 is 0 Å². The number of nitrogens with one attached hydrogen (secondary N) is 9. The number of unbranched alkanes of at least 4 members (excludes halogenated alkanes) is 1. The van der Waals surface area contributed by atoms with E-state index in [0.717, 1.165) is 11.1 Å². The lowest BCUT2D eigenvalue weighted by atomic mass is 10.0. The number of fused-ring (bicyclic) bond motifs is 1. The molecule has 392 valence electrons. The van der Waals surface area contributed by atoms with Gasteiger partial charge in [0.05, 0.1) is 25.7 Å². The smallest absolute Gasteiger partial charge is 0.326 e. The fourth-order valence-corrected chi connectivity index (χ4v) is 7.03. The standard InChI is InChI=1S/C46H64N12O14/c1-25(40(65)55-31(15-17-39(63)64)42(67)51-23-38(62)54-32(14-16-36(49)60)44(69)56-33(46(71)72)13-7-8-18-47)53-37(61)22-52-43(68)34(20-27-21-50-30-12-6-5-11-28(27)30)57-45(70)35(24-59)58-41(66)29(48)19-26-9-3-2-4-10-26/h2-6,9-12,21,25,29,31-35,50,59H,7-8,13-20,22-24,47-48H2,1H3,(H2,49,60)(H,51,67)(H,52,68)(H,53,61)(H,54,62)(H,55,65)(H,56,69)(H,57,70)(H,58,66)(H,63,64)(H,71,72). The van der Waals surface area contributed by atoms with Crippen molar-refractivity contribution in [2.75, 3.05) is 26.2 Å². The number of aliphatic carboxylic acids is 2. The van der Waals surface area contributed by atoms with E-state index in [1.54, 1.807) is 60.8 Å². The summed E-state index contributed by atoms with van der Waals surface area (Å²) in [5.41, 5.74) is 18.8. The number of aliphatic hydroxyl groups excluding tert-OH is 1. The summed E-state index contributed by atoms with van der Waals surface area (Å²) in [4.78, 5) is 143. The summed E-state index contributed by atoms with van der Waals surface area (Å²) >= 11 is 0. The van der Waals surface area contributed by atoms with Crippen molar-refractivity contribution < 1.29 is 68.1 Å². The number of primary amides is 1. The van der Waals surface area contributed by atoms with E-state index in [1.807, 2.05) is 0 Å². The molecule has 0 saturated heterocycles. The fourth-order valence-electron chi connectivity index (χ4n) is 7.03. The molecule has 3 rings (SSSR count). The van der Waals surface area contributed by atoms with Crippen LogP contribution in [0.4, 0.5) is 0 Å². The van der Waals surface area contributed by atoms with Gasteiger partial charge in [0.15, 0.2) is 0 Å². The largest absolute Gasteiger partial charge is 0.481 e. The van der Waals surface area contributed by atoms with Gasteiger partial charge in [-0.1, -0.05) is 48.5 Å². The number of hydrogen-bond acceptors (Lipinski definition) is 14. The van der Waals surface area contributed by atoms with E-state index in [1.165, 1.54) is 6.92 Å². The van der Waals surface area contributed by atoms with Crippen LogP contribution in [0.5, 0.6) is 0 Å². The molecule has 18 N–H and O–H groups in total. The van der Waals surface area contributed by atoms with E-state index >= 15 is 0 Å². The number of rotatable bonds is 32. The molecule has 9 amide bonds. The minimum atomic E-state index is -1.58. The zero-order valence-electron chi connectivity index (χ0n) is 39.6. The molecule has 26 nitrogen and oxygen atoms in total. The van der Waals surface area contributed by atoms with Crippen LogP contribution in [0.15, 0.2) is 60.8 Å². The first-order valence-electron chi connectivity index (χ1n) is 23.0. The Morgan fingerprint density at radius 1 is 0.597 bits per heavy atom. The second-order valence-corrected chi connectivity index (χ2v) is 16.7. The van der Waals surface area contributed by atoms with Gasteiger partial charge in [-0.3, -0.25) is 47.9 Å². The molecule has 1 aromatic heterocycles. The molecule has 0 saturated carbocycles. The molecule has 1 heterocycles. The highest BCUT2D eigenvalue weighted by Gasteiger charge is 2.31. The maximum absolute atomic E-state index is 13.7. The van der Waals surface area contributed by atoms with Crippen molar-refractivity contribution in [3.8, 4) is 0 Å². The number of carbonyl (C=O) groups is 11. The van der Waals surface area contributed by atoms with Gasteiger partial charge in [-0.05, 0) is 69.2 Å². The number of aliphatic hydroxyl groups is 1. The van der Waals surface area contributed by atoms with Gasteiger partial charge in [-0.25, -0.2) is 4.79 Å². The van der Waals surface area contributed by atoms with Gasteiger partial charge < -0.3 is 80.0 Å². The van der Waals surface area contributed by atoms with E-state index in [2.05, 4.69) is 47.5 Å². The van der Waals surface area contributed by atoms with Crippen LogP contribution in [0, 0.1) is 0 Å². The first-order valence-corrected chi connectivity index (χ1v) is 23.0. The normalized spacial score (nSPS) is 13.8. The summed E-state index contributed by atoms with van der Waals surface area (Å²) in [5, 5.41) is 48.4. The average molecular weight is 1010 g/mol. The first-order chi connectivity index (χ1) is 34.2. The van der Waals surface area contributed by atoms with Crippen LogP contribution in [-0.2, 0) is 65.6 Å². The van der Waals surface area contributed by atoms with Crippen LogP contribution in [0.1, 0.15) is 63.0 Å².